The summed E-state index contributed by atoms with van der Waals surface area (Å²) in [5.74, 6) is 4.28. The molecule has 0 aromatic heterocycles. The van der Waals surface area contributed by atoms with Gasteiger partial charge in [0.2, 0.25) is 0 Å². The van der Waals surface area contributed by atoms with E-state index in [9.17, 15) is 5.11 Å². The molecule has 1 heteroatoms. The van der Waals surface area contributed by atoms with Gasteiger partial charge in [-0.25, -0.2) is 0 Å². The SMILES string of the molecule is CC[C@H]1[C@H](O)C[C@H]2[C@@H]3CC[C@H]4CCCC[C@]4(C)[C@H]3CC[C@@]21C. The molecular weight excluding hydrogens is 268 g/mol. The lowest BCUT2D eigenvalue weighted by atomic mass is 9.45. The van der Waals surface area contributed by atoms with Crippen molar-refractivity contribution in [2.75, 3.05) is 0 Å². The highest BCUT2D eigenvalue weighted by atomic mass is 16.3. The molecule has 0 aromatic rings. The van der Waals surface area contributed by atoms with Crippen LogP contribution in [-0.4, -0.2) is 11.2 Å². The summed E-state index contributed by atoms with van der Waals surface area (Å²) < 4.78 is 0. The van der Waals surface area contributed by atoms with Crippen LogP contribution in [0.5, 0.6) is 0 Å². The lowest BCUT2D eigenvalue weighted by Crippen LogP contribution is -2.52. The Bertz CT molecular complexity index is 426. The maximum Gasteiger partial charge on any atom is 0.0576 e. The molecule has 0 amide bonds. The van der Waals surface area contributed by atoms with Gasteiger partial charge < -0.3 is 5.11 Å². The Morgan fingerprint density at radius 2 is 1.73 bits per heavy atom. The van der Waals surface area contributed by atoms with Gasteiger partial charge in [0, 0.05) is 0 Å². The summed E-state index contributed by atoms with van der Waals surface area (Å²) in [5.41, 5.74) is 1.07. The van der Waals surface area contributed by atoms with Gasteiger partial charge in [0.1, 0.15) is 0 Å². The van der Waals surface area contributed by atoms with Crippen molar-refractivity contribution in [1.82, 2.24) is 0 Å². The zero-order valence-corrected chi connectivity index (χ0v) is 15.0. The first kappa shape index (κ1) is 15.5. The molecule has 1 N–H and O–H groups in total. The van der Waals surface area contributed by atoms with E-state index < -0.39 is 0 Å². The molecule has 1 nitrogen and oxygen atoms in total. The van der Waals surface area contributed by atoms with Gasteiger partial charge in [0.25, 0.3) is 0 Å². The highest BCUT2D eigenvalue weighted by Gasteiger charge is 2.61. The van der Waals surface area contributed by atoms with E-state index in [4.69, 9.17) is 0 Å². The quantitative estimate of drug-likeness (QED) is 0.686. The van der Waals surface area contributed by atoms with E-state index in [0.717, 1.165) is 30.1 Å². The fourth-order valence-corrected chi connectivity index (χ4v) is 8.15. The van der Waals surface area contributed by atoms with Crippen molar-refractivity contribution in [3.63, 3.8) is 0 Å². The Hall–Kier alpha value is -0.0400. The fourth-order valence-electron chi connectivity index (χ4n) is 8.15. The number of aliphatic hydroxyl groups is 1. The van der Waals surface area contributed by atoms with Gasteiger partial charge in [-0.1, -0.05) is 40.0 Å². The Labute approximate surface area is 137 Å². The summed E-state index contributed by atoms with van der Waals surface area (Å²) in [7, 11) is 0. The average Bonchev–Trinajstić information content (AvgIpc) is 2.76. The van der Waals surface area contributed by atoms with Crippen molar-refractivity contribution >= 4 is 0 Å². The van der Waals surface area contributed by atoms with E-state index >= 15 is 0 Å². The number of aliphatic hydroxyl groups excluding tert-OH is 1. The summed E-state index contributed by atoms with van der Waals surface area (Å²) in [6.45, 7) is 7.49. The van der Waals surface area contributed by atoms with Crippen LogP contribution >= 0.6 is 0 Å². The molecule has 4 saturated carbocycles. The summed E-state index contributed by atoms with van der Waals surface area (Å²) >= 11 is 0. The van der Waals surface area contributed by atoms with Crippen LogP contribution in [0.15, 0.2) is 0 Å². The van der Waals surface area contributed by atoms with Crippen LogP contribution in [0.2, 0.25) is 0 Å². The van der Waals surface area contributed by atoms with Crippen LogP contribution < -0.4 is 0 Å². The lowest BCUT2D eigenvalue weighted by molar-refractivity contribution is -0.111. The highest BCUT2D eigenvalue weighted by molar-refractivity contribution is 5.10. The third kappa shape index (κ3) is 1.93. The van der Waals surface area contributed by atoms with E-state index in [1.165, 1.54) is 57.8 Å². The number of rotatable bonds is 1. The molecule has 4 aliphatic rings. The van der Waals surface area contributed by atoms with E-state index in [1.807, 2.05) is 0 Å². The van der Waals surface area contributed by atoms with Crippen molar-refractivity contribution in [3.05, 3.63) is 0 Å². The van der Waals surface area contributed by atoms with E-state index in [0.29, 0.717) is 16.7 Å². The zero-order valence-electron chi connectivity index (χ0n) is 15.0. The molecule has 0 aliphatic heterocycles. The van der Waals surface area contributed by atoms with Crippen molar-refractivity contribution in [2.45, 2.75) is 91.1 Å². The predicted octanol–water partition coefficient (Wildman–Crippen LogP) is 5.42. The first-order valence-corrected chi connectivity index (χ1v) is 10.2. The van der Waals surface area contributed by atoms with E-state index in [2.05, 4.69) is 20.8 Å². The highest BCUT2D eigenvalue weighted by Crippen LogP contribution is 2.67. The van der Waals surface area contributed by atoms with Gasteiger partial charge in [-0.05, 0) is 85.4 Å². The van der Waals surface area contributed by atoms with Crippen LogP contribution in [-0.2, 0) is 0 Å². The molecule has 4 rings (SSSR count). The molecule has 0 saturated heterocycles. The zero-order chi connectivity index (χ0) is 15.5. The minimum atomic E-state index is -0.0179. The molecule has 126 valence electrons. The maximum atomic E-state index is 10.7. The lowest BCUT2D eigenvalue weighted by Gasteiger charge is -2.60. The summed E-state index contributed by atoms with van der Waals surface area (Å²) in [4.78, 5) is 0. The van der Waals surface area contributed by atoms with Gasteiger partial charge in [-0.2, -0.15) is 0 Å². The molecule has 0 unspecified atom stereocenters. The summed E-state index contributed by atoms with van der Waals surface area (Å²) in [6, 6.07) is 0. The molecule has 8 atom stereocenters. The van der Waals surface area contributed by atoms with Crippen LogP contribution in [0.3, 0.4) is 0 Å². The first-order chi connectivity index (χ1) is 10.5. The topological polar surface area (TPSA) is 20.2 Å². The number of hydrogen-bond acceptors (Lipinski definition) is 1. The van der Waals surface area contributed by atoms with Gasteiger partial charge in [0.15, 0.2) is 0 Å². The molecule has 0 spiro atoms. The maximum absolute atomic E-state index is 10.7. The molecule has 0 heterocycles. The summed E-state index contributed by atoms with van der Waals surface area (Å²) in [5, 5.41) is 10.7. The Morgan fingerprint density at radius 3 is 2.50 bits per heavy atom. The molecule has 4 fully saturated rings. The number of fused-ring (bicyclic) bond motifs is 5. The van der Waals surface area contributed by atoms with Gasteiger partial charge in [0.05, 0.1) is 6.10 Å². The smallest absolute Gasteiger partial charge is 0.0576 e. The molecule has 0 aromatic carbocycles. The Kier molecular flexibility index (Phi) is 3.68. The monoisotopic (exact) mass is 304 g/mol. The van der Waals surface area contributed by atoms with Crippen molar-refractivity contribution < 1.29 is 5.11 Å². The molecule has 0 bridgehead atoms. The molecular formula is C21H36O. The second-order valence-corrected chi connectivity index (χ2v) is 9.77. The Morgan fingerprint density at radius 1 is 0.909 bits per heavy atom. The van der Waals surface area contributed by atoms with Gasteiger partial charge >= 0.3 is 0 Å². The average molecular weight is 305 g/mol. The van der Waals surface area contributed by atoms with Gasteiger partial charge in [-0.15, -0.1) is 0 Å². The van der Waals surface area contributed by atoms with Crippen LogP contribution in [0.25, 0.3) is 0 Å². The molecule has 0 radical (unpaired) electrons. The molecule has 4 aliphatic carbocycles. The predicted molar refractivity (Wildman–Crippen MR) is 91.5 cm³/mol. The van der Waals surface area contributed by atoms with Crippen molar-refractivity contribution in [3.8, 4) is 0 Å². The molecule has 22 heavy (non-hydrogen) atoms. The third-order valence-electron chi connectivity index (χ3n) is 9.27. The van der Waals surface area contributed by atoms with Gasteiger partial charge in [-0.3, -0.25) is 0 Å². The van der Waals surface area contributed by atoms with E-state index in [1.54, 1.807) is 0 Å². The number of hydrogen-bond donors (Lipinski definition) is 1. The van der Waals surface area contributed by atoms with Crippen LogP contribution in [0.4, 0.5) is 0 Å². The first-order valence-electron chi connectivity index (χ1n) is 10.2. The minimum absolute atomic E-state index is 0.0179. The van der Waals surface area contributed by atoms with E-state index in [-0.39, 0.29) is 6.10 Å². The second kappa shape index (κ2) is 5.23. The van der Waals surface area contributed by atoms with Crippen molar-refractivity contribution in [1.29, 1.82) is 0 Å². The van der Waals surface area contributed by atoms with Crippen molar-refractivity contribution in [2.24, 2.45) is 40.4 Å². The Balaban J connectivity index is 1.64. The fraction of sp³-hybridized carbons (Fsp3) is 1.00. The largest absolute Gasteiger partial charge is 0.393 e. The summed E-state index contributed by atoms with van der Waals surface area (Å²) in [6.07, 6.45) is 14.0. The minimum Gasteiger partial charge on any atom is -0.393 e. The standard InChI is InChI=1S/C21H36O/c1-4-16-19(22)13-18-15-9-8-14-7-5-6-11-20(14,2)17(15)10-12-21(16,18)3/h14-19,22H,4-13H2,1-3H3/t14-,15-,16+,17+,18+,19-,20+,21-/m1/s1. The van der Waals surface area contributed by atoms with Crippen LogP contribution in [0, 0.1) is 40.4 Å². The third-order valence-corrected chi connectivity index (χ3v) is 9.27. The van der Waals surface area contributed by atoms with Crippen LogP contribution in [0.1, 0.15) is 85.0 Å². The normalized spacial score (nSPS) is 57.8. The second-order valence-electron chi connectivity index (χ2n) is 9.77.